The van der Waals surface area contributed by atoms with Crippen molar-refractivity contribution in [3.63, 3.8) is 0 Å². The van der Waals surface area contributed by atoms with E-state index in [1.807, 2.05) is 31.2 Å². The molecular formula is C24H29N3O5S. The van der Waals surface area contributed by atoms with Crippen molar-refractivity contribution in [2.75, 3.05) is 46.5 Å². The second-order valence-electron chi connectivity index (χ2n) is 8.22. The summed E-state index contributed by atoms with van der Waals surface area (Å²) in [6.45, 7) is 7.99. The highest BCUT2D eigenvalue weighted by atomic mass is 32.1. The summed E-state index contributed by atoms with van der Waals surface area (Å²) in [6.07, 6.45) is 0.722. The smallest absolute Gasteiger partial charge is 0.290 e. The van der Waals surface area contributed by atoms with Gasteiger partial charge in [-0.25, -0.2) is 4.98 Å². The molecule has 3 heterocycles. The number of carbonyl (C=O) groups excluding carboxylic acids is 2. The van der Waals surface area contributed by atoms with Crippen LogP contribution in [0.4, 0.5) is 0 Å². The Kier molecular flexibility index (Phi) is 7.11. The number of amides is 1. The van der Waals surface area contributed by atoms with Gasteiger partial charge in [0.05, 0.1) is 47.5 Å². The van der Waals surface area contributed by atoms with Crippen molar-refractivity contribution in [3.8, 4) is 5.75 Å². The van der Waals surface area contributed by atoms with Gasteiger partial charge in [-0.15, -0.1) is 11.3 Å². The molecule has 2 aliphatic heterocycles. The summed E-state index contributed by atoms with van der Waals surface area (Å²) in [4.78, 5) is 35.4. The number of nitrogens with zero attached hydrogens (tertiary/aromatic N) is 3. The van der Waals surface area contributed by atoms with E-state index in [4.69, 9.17) is 9.47 Å². The summed E-state index contributed by atoms with van der Waals surface area (Å²) in [6, 6.07) is 6.61. The molecule has 2 aliphatic rings. The zero-order chi connectivity index (χ0) is 23.5. The fourth-order valence-electron chi connectivity index (χ4n) is 4.43. The van der Waals surface area contributed by atoms with Crippen LogP contribution >= 0.6 is 11.3 Å². The Morgan fingerprint density at radius 3 is 2.70 bits per heavy atom. The van der Waals surface area contributed by atoms with Crippen LogP contribution in [0.15, 0.2) is 35.6 Å². The predicted molar refractivity (Wildman–Crippen MR) is 125 cm³/mol. The number of aliphatic hydroxyl groups excluding tert-OH is 1. The van der Waals surface area contributed by atoms with E-state index < -0.39 is 17.7 Å². The quantitative estimate of drug-likeness (QED) is 0.592. The summed E-state index contributed by atoms with van der Waals surface area (Å²) in [5, 5.41) is 11.6. The number of aliphatic hydroxyl groups is 1. The van der Waals surface area contributed by atoms with Crippen LogP contribution in [0.25, 0.3) is 0 Å². The van der Waals surface area contributed by atoms with E-state index in [-0.39, 0.29) is 11.4 Å². The molecule has 1 saturated heterocycles. The van der Waals surface area contributed by atoms with Crippen LogP contribution in [-0.2, 0) is 9.53 Å². The highest BCUT2D eigenvalue weighted by Gasteiger charge is 2.44. The minimum Gasteiger partial charge on any atom is -0.503 e. The second-order valence-corrected chi connectivity index (χ2v) is 9.43. The number of carbonyl (C=O) groups is 2. The number of hydrogen-bond acceptors (Lipinski definition) is 8. The van der Waals surface area contributed by atoms with Gasteiger partial charge < -0.3 is 19.5 Å². The number of ketones is 1. The van der Waals surface area contributed by atoms with Crippen LogP contribution < -0.4 is 4.74 Å². The topological polar surface area (TPSA) is 92.2 Å². The van der Waals surface area contributed by atoms with Crippen LogP contribution in [0.3, 0.4) is 0 Å². The van der Waals surface area contributed by atoms with Crippen molar-refractivity contribution in [2.24, 2.45) is 0 Å². The minimum absolute atomic E-state index is 0.103. The molecule has 1 atom stereocenters. The van der Waals surface area contributed by atoms with Crippen molar-refractivity contribution in [3.05, 3.63) is 56.7 Å². The molecule has 33 heavy (non-hydrogen) atoms. The zero-order valence-corrected chi connectivity index (χ0v) is 20.0. The lowest BCUT2D eigenvalue weighted by atomic mass is 9.95. The predicted octanol–water partition coefficient (Wildman–Crippen LogP) is 3.07. The Balaban J connectivity index is 1.65. The van der Waals surface area contributed by atoms with Gasteiger partial charge in [-0.1, -0.05) is 12.1 Å². The number of rotatable bonds is 8. The first-order valence-electron chi connectivity index (χ1n) is 11.1. The van der Waals surface area contributed by atoms with Crippen LogP contribution in [0.1, 0.15) is 38.4 Å². The molecule has 176 valence electrons. The zero-order valence-electron chi connectivity index (χ0n) is 19.2. The summed E-state index contributed by atoms with van der Waals surface area (Å²) < 4.78 is 10.8. The molecule has 0 spiro atoms. The lowest BCUT2D eigenvalue weighted by molar-refractivity contribution is -0.129. The molecule has 0 bridgehead atoms. The standard InChI is InChI=1S/C24H29N3O5S/c1-15-23(33-16(2)25-15)21(28)19-20(17-6-4-7-18(14-17)31-3)27(24(30)22(19)29)9-5-8-26-10-12-32-13-11-26/h4,6-7,14,20,29H,5,8-13H2,1-3H3/t20-/m1/s1. The molecule has 1 N–H and O–H groups in total. The summed E-state index contributed by atoms with van der Waals surface area (Å²) in [5.74, 6) is -0.736. The van der Waals surface area contributed by atoms with Crippen molar-refractivity contribution >= 4 is 23.0 Å². The van der Waals surface area contributed by atoms with Gasteiger partial charge in [0.15, 0.2) is 5.76 Å². The van der Waals surface area contributed by atoms with Crippen molar-refractivity contribution < 1.29 is 24.2 Å². The fourth-order valence-corrected chi connectivity index (χ4v) is 5.30. The highest BCUT2D eigenvalue weighted by Crippen LogP contribution is 2.41. The molecule has 0 aliphatic carbocycles. The van der Waals surface area contributed by atoms with Crippen LogP contribution in [-0.4, -0.2) is 78.1 Å². The lowest BCUT2D eigenvalue weighted by Crippen LogP contribution is -2.39. The van der Waals surface area contributed by atoms with Crippen LogP contribution in [0, 0.1) is 13.8 Å². The largest absolute Gasteiger partial charge is 0.503 e. The molecule has 8 nitrogen and oxygen atoms in total. The first-order valence-corrected chi connectivity index (χ1v) is 11.9. The molecule has 1 amide bonds. The third-order valence-electron chi connectivity index (χ3n) is 6.04. The molecule has 1 fully saturated rings. The molecule has 1 aromatic heterocycles. The molecule has 4 rings (SSSR count). The number of benzene rings is 1. The van der Waals surface area contributed by atoms with E-state index in [9.17, 15) is 14.7 Å². The van der Waals surface area contributed by atoms with Gasteiger partial charge in [0.25, 0.3) is 5.91 Å². The Bertz CT molecular complexity index is 1070. The maximum atomic E-state index is 13.6. The second kappa shape index (κ2) is 10.0. The number of thiazole rings is 1. The van der Waals surface area contributed by atoms with Gasteiger partial charge in [0.1, 0.15) is 5.75 Å². The molecule has 1 aromatic carbocycles. The van der Waals surface area contributed by atoms with Gasteiger partial charge in [-0.05, 0) is 38.0 Å². The average molecular weight is 472 g/mol. The summed E-state index contributed by atoms with van der Waals surface area (Å²) in [7, 11) is 1.57. The number of aryl methyl sites for hydroxylation is 2. The number of morpholine rings is 1. The first kappa shape index (κ1) is 23.4. The van der Waals surface area contributed by atoms with Crippen molar-refractivity contribution in [1.82, 2.24) is 14.8 Å². The van der Waals surface area contributed by atoms with Gasteiger partial charge in [0.2, 0.25) is 5.78 Å². The fraction of sp³-hybridized carbons (Fsp3) is 0.458. The molecule has 0 saturated carbocycles. The Morgan fingerprint density at radius 2 is 2.03 bits per heavy atom. The Morgan fingerprint density at radius 1 is 1.27 bits per heavy atom. The Hall–Kier alpha value is -2.75. The van der Waals surface area contributed by atoms with Gasteiger partial charge in [-0.3, -0.25) is 14.5 Å². The number of ether oxygens (including phenoxy) is 2. The third kappa shape index (κ3) is 4.80. The minimum atomic E-state index is -0.688. The molecule has 9 heteroatoms. The number of aromatic nitrogens is 1. The Labute approximate surface area is 197 Å². The van der Waals surface area contributed by atoms with E-state index >= 15 is 0 Å². The van der Waals surface area contributed by atoms with Gasteiger partial charge in [-0.2, -0.15) is 0 Å². The summed E-state index contributed by atoms with van der Waals surface area (Å²) >= 11 is 1.28. The molecular weight excluding hydrogens is 442 g/mol. The van der Waals surface area contributed by atoms with Gasteiger partial charge >= 0.3 is 0 Å². The SMILES string of the molecule is COc1cccc([C@@H]2C(C(=O)c3sc(C)nc3C)=C(O)C(=O)N2CCCN2CCOCC2)c1. The van der Waals surface area contributed by atoms with E-state index in [1.165, 1.54) is 11.3 Å². The molecule has 2 aromatic rings. The van der Waals surface area contributed by atoms with Gasteiger partial charge in [0, 0.05) is 26.2 Å². The van der Waals surface area contributed by atoms with Crippen molar-refractivity contribution in [1.29, 1.82) is 0 Å². The van der Waals surface area contributed by atoms with Crippen molar-refractivity contribution in [2.45, 2.75) is 26.3 Å². The monoisotopic (exact) mass is 471 g/mol. The van der Waals surface area contributed by atoms with Crippen LogP contribution in [0.5, 0.6) is 5.75 Å². The molecule has 0 unspecified atom stereocenters. The van der Waals surface area contributed by atoms with E-state index in [1.54, 1.807) is 18.9 Å². The third-order valence-corrected chi connectivity index (χ3v) is 7.12. The lowest BCUT2D eigenvalue weighted by Gasteiger charge is -2.30. The molecule has 0 radical (unpaired) electrons. The number of hydrogen-bond donors (Lipinski definition) is 1. The first-order chi connectivity index (χ1) is 15.9. The highest BCUT2D eigenvalue weighted by molar-refractivity contribution is 7.14. The van der Waals surface area contributed by atoms with E-state index in [0.29, 0.717) is 36.1 Å². The maximum Gasteiger partial charge on any atom is 0.290 e. The van der Waals surface area contributed by atoms with E-state index in [2.05, 4.69) is 9.88 Å². The average Bonchev–Trinajstić information content (AvgIpc) is 3.29. The van der Waals surface area contributed by atoms with E-state index in [0.717, 1.165) is 36.6 Å². The number of Topliss-reactive ketones (excluding diaryl/α,β-unsaturated/α-hetero) is 1. The summed E-state index contributed by atoms with van der Waals surface area (Å²) in [5.41, 5.74) is 1.43. The number of methoxy groups -OCH3 is 1. The maximum absolute atomic E-state index is 13.6. The normalized spacial score (nSPS) is 19.4. The van der Waals surface area contributed by atoms with Crippen LogP contribution in [0.2, 0.25) is 0 Å².